The van der Waals surface area contributed by atoms with Crippen molar-refractivity contribution in [1.82, 2.24) is 14.9 Å². The second-order valence-corrected chi connectivity index (χ2v) is 5.68. The normalized spacial score (nSPS) is 12.7. The van der Waals surface area contributed by atoms with Gasteiger partial charge in [0.05, 0.1) is 0 Å². The number of nitrogens with zero attached hydrogens (tertiary/aromatic N) is 3. The van der Waals surface area contributed by atoms with Crippen molar-refractivity contribution in [1.29, 1.82) is 0 Å². The summed E-state index contributed by atoms with van der Waals surface area (Å²) in [7, 11) is 0. The minimum absolute atomic E-state index is 0.00732. The summed E-state index contributed by atoms with van der Waals surface area (Å²) in [6, 6.07) is -0.998. The molecular weight excluding hydrogens is 280 g/mol. The van der Waals surface area contributed by atoms with Crippen molar-refractivity contribution in [3.8, 4) is 0 Å². The third-order valence-electron chi connectivity index (χ3n) is 2.82. The predicted octanol–water partition coefficient (Wildman–Crippen LogP) is 0.797. The van der Waals surface area contributed by atoms with E-state index in [1.807, 2.05) is 0 Å². The van der Waals surface area contributed by atoms with Gasteiger partial charge in [0, 0.05) is 13.0 Å². The summed E-state index contributed by atoms with van der Waals surface area (Å²) in [6.07, 6.45) is 2.48. The van der Waals surface area contributed by atoms with Crippen LogP contribution in [0.2, 0.25) is 0 Å². The Kier molecular flexibility index (Phi) is 5.01. The third kappa shape index (κ3) is 4.86. The lowest BCUT2D eigenvalue weighted by molar-refractivity contribution is -0.389. The van der Waals surface area contributed by atoms with Gasteiger partial charge < -0.3 is 25.1 Å². The number of aromatic nitrogens is 2. The van der Waals surface area contributed by atoms with Gasteiger partial charge in [-0.1, -0.05) is 20.8 Å². The average Bonchev–Trinajstić information content (AvgIpc) is 2.80. The number of nitrogens with one attached hydrogen (secondary N) is 1. The van der Waals surface area contributed by atoms with E-state index in [-0.39, 0.29) is 18.8 Å². The van der Waals surface area contributed by atoms with Crippen LogP contribution in [0.25, 0.3) is 0 Å². The van der Waals surface area contributed by atoms with Crippen LogP contribution in [-0.4, -0.2) is 37.5 Å². The molecule has 0 radical (unpaired) electrons. The molecule has 0 saturated carbocycles. The van der Waals surface area contributed by atoms with E-state index < -0.39 is 28.3 Å². The molecule has 21 heavy (non-hydrogen) atoms. The van der Waals surface area contributed by atoms with Crippen molar-refractivity contribution in [2.24, 2.45) is 5.41 Å². The Morgan fingerprint density at radius 1 is 1.52 bits per heavy atom. The molecule has 0 spiro atoms. The Hall–Kier alpha value is -2.45. The summed E-state index contributed by atoms with van der Waals surface area (Å²) in [4.78, 5) is 36.3. The maximum absolute atomic E-state index is 11.8. The number of imidazole rings is 1. The highest BCUT2D eigenvalue weighted by atomic mass is 16.6. The van der Waals surface area contributed by atoms with E-state index in [0.29, 0.717) is 0 Å². The molecule has 1 aromatic heterocycles. The van der Waals surface area contributed by atoms with Crippen molar-refractivity contribution in [3.05, 3.63) is 22.6 Å². The summed E-state index contributed by atoms with van der Waals surface area (Å²) >= 11 is 0. The number of aliphatic carboxylic acids is 1. The van der Waals surface area contributed by atoms with Crippen LogP contribution in [-0.2, 0) is 16.1 Å². The van der Waals surface area contributed by atoms with Gasteiger partial charge in [0.2, 0.25) is 12.2 Å². The van der Waals surface area contributed by atoms with Crippen LogP contribution in [0, 0.1) is 15.5 Å². The van der Waals surface area contributed by atoms with Gasteiger partial charge in [-0.15, -0.1) is 0 Å². The van der Waals surface area contributed by atoms with E-state index in [1.165, 1.54) is 17.1 Å². The SMILES string of the molecule is CC(C)(C)[C@H](NC(=O)CCn1cnc([N+](=O)[O-])c1)C(=O)O. The van der Waals surface area contributed by atoms with Crippen LogP contribution in [0.15, 0.2) is 12.5 Å². The summed E-state index contributed by atoms with van der Waals surface area (Å²) in [5.41, 5.74) is -0.616. The summed E-state index contributed by atoms with van der Waals surface area (Å²) in [6.45, 7) is 5.32. The highest BCUT2D eigenvalue weighted by molar-refractivity contribution is 5.84. The Morgan fingerprint density at radius 3 is 2.57 bits per heavy atom. The zero-order valence-corrected chi connectivity index (χ0v) is 12.1. The lowest BCUT2D eigenvalue weighted by Gasteiger charge is -2.27. The zero-order chi connectivity index (χ0) is 16.2. The molecule has 116 valence electrons. The van der Waals surface area contributed by atoms with Crippen LogP contribution >= 0.6 is 0 Å². The van der Waals surface area contributed by atoms with Gasteiger partial charge in [-0.25, -0.2) is 4.79 Å². The molecule has 1 rings (SSSR count). The second-order valence-electron chi connectivity index (χ2n) is 5.68. The standard InChI is InChI=1S/C12H18N4O5/c1-12(2,3)10(11(18)19)14-9(17)4-5-15-6-8(13-7-15)16(20)21/h6-7,10H,4-5H2,1-3H3,(H,14,17)(H,18,19)/t10-/m1/s1. The molecule has 1 atom stereocenters. The highest BCUT2D eigenvalue weighted by Crippen LogP contribution is 2.19. The van der Waals surface area contributed by atoms with E-state index in [2.05, 4.69) is 10.3 Å². The van der Waals surface area contributed by atoms with Crippen LogP contribution in [0.4, 0.5) is 5.82 Å². The number of amides is 1. The molecule has 2 N–H and O–H groups in total. The maximum atomic E-state index is 11.8. The van der Waals surface area contributed by atoms with E-state index in [4.69, 9.17) is 5.11 Å². The Balaban J connectivity index is 2.57. The first-order chi connectivity index (χ1) is 9.61. The number of carbonyl (C=O) groups is 2. The number of hydrogen-bond acceptors (Lipinski definition) is 5. The monoisotopic (exact) mass is 298 g/mol. The van der Waals surface area contributed by atoms with Gasteiger partial charge >= 0.3 is 11.8 Å². The Bertz CT molecular complexity index is 546. The molecule has 0 aliphatic carbocycles. The Labute approximate surface area is 121 Å². The first kappa shape index (κ1) is 16.6. The highest BCUT2D eigenvalue weighted by Gasteiger charge is 2.32. The minimum Gasteiger partial charge on any atom is -0.480 e. The Morgan fingerprint density at radius 2 is 2.14 bits per heavy atom. The van der Waals surface area contributed by atoms with Gasteiger partial charge in [-0.3, -0.25) is 4.79 Å². The van der Waals surface area contributed by atoms with Gasteiger partial charge in [0.1, 0.15) is 12.2 Å². The molecule has 0 aromatic carbocycles. The molecule has 0 unspecified atom stereocenters. The number of carbonyl (C=O) groups excluding carboxylic acids is 1. The van der Waals surface area contributed by atoms with Crippen molar-refractivity contribution in [2.75, 3.05) is 0 Å². The lowest BCUT2D eigenvalue weighted by atomic mass is 9.86. The fourth-order valence-electron chi connectivity index (χ4n) is 1.68. The molecule has 0 bridgehead atoms. The molecule has 0 fully saturated rings. The van der Waals surface area contributed by atoms with E-state index in [0.717, 1.165) is 0 Å². The largest absolute Gasteiger partial charge is 0.480 e. The van der Waals surface area contributed by atoms with Crippen LogP contribution in [0.1, 0.15) is 27.2 Å². The van der Waals surface area contributed by atoms with Crippen LogP contribution < -0.4 is 5.32 Å². The molecule has 1 aromatic rings. The lowest BCUT2D eigenvalue weighted by Crippen LogP contribution is -2.49. The minimum atomic E-state index is -1.10. The molecule has 1 amide bonds. The number of carboxylic acids is 1. The smallest absolute Gasteiger partial charge is 0.381 e. The van der Waals surface area contributed by atoms with E-state index in [9.17, 15) is 19.7 Å². The predicted molar refractivity (Wildman–Crippen MR) is 72.5 cm³/mol. The van der Waals surface area contributed by atoms with Crippen molar-refractivity contribution in [3.63, 3.8) is 0 Å². The van der Waals surface area contributed by atoms with Gasteiger partial charge in [-0.05, 0) is 15.3 Å². The number of nitro groups is 1. The summed E-state index contributed by atoms with van der Waals surface area (Å²) in [5.74, 6) is -1.84. The van der Waals surface area contributed by atoms with Gasteiger partial charge in [0.25, 0.3) is 0 Å². The van der Waals surface area contributed by atoms with Crippen molar-refractivity contribution >= 4 is 17.7 Å². The maximum Gasteiger partial charge on any atom is 0.381 e. The average molecular weight is 298 g/mol. The fraction of sp³-hybridized carbons (Fsp3) is 0.583. The quantitative estimate of drug-likeness (QED) is 0.590. The van der Waals surface area contributed by atoms with Crippen molar-refractivity contribution in [2.45, 2.75) is 39.8 Å². The number of hydrogen-bond donors (Lipinski definition) is 2. The molecule has 9 heteroatoms. The van der Waals surface area contributed by atoms with Crippen molar-refractivity contribution < 1.29 is 19.6 Å². The fourth-order valence-corrected chi connectivity index (χ4v) is 1.68. The summed E-state index contributed by atoms with van der Waals surface area (Å²) < 4.78 is 1.41. The number of rotatable bonds is 6. The third-order valence-corrected chi connectivity index (χ3v) is 2.82. The summed E-state index contributed by atoms with van der Waals surface area (Å²) in [5, 5.41) is 22.0. The van der Waals surface area contributed by atoms with E-state index in [1.54, 1.807) is 20.8 Å². The topological polar surface area (TPSA) is 127 Å². The van der Waals surface area contributed by atoms with Crippen LogP contribution in [0.3, 0.4) is 0 Å². The van der Waals surface area contributed by atoms with Crippen LogP contribution in [0.5, 0.6) is 0 Å². The molecule has 0 aliphatic rings. The first-order valence-corrected chi connectivity index (χ1v) is 6.29. The number of carboxylic acid groups (broad SMARTS) is 1. The molecule has 0 aliphatic heterocycles. The molecular formula is C12H18N4O5. The number of aryl methyl sites for hydroxylation is 1. The second kappa shape index (κ2) is 6.33. The molecule has 0 saturated heterocycles. The first-order valence-electron chi connectivity index (χ1n) is 6.29. The van der Waals surface area contributed by atoms with Gasteiger partial charge in [0.15, 0.2) is 0 Å². The van der Waals surface area contributed by atoms with Gasteiger partial charge in [-0.2, -0.15) is 0 Å². The zero-order valence-electron chi connectivity index (χ0n) is 12.1. The molecule has 9 nitrogen and oxygen atoms in total. The van der Waals surface area contributed by atoms with E-state index >= 15 is 0 Å². The molecule has 1 heterocycles.